The SMILES string of the molecule is O=C(CCc1ccccc1)NC(Cc1ccccc1)C(=O)Nc1nnc(-c2ccc(Br)cc2)s1. The van der Waals surface area contributed by atoms with Gasteiger partial charge < -0.3 is 5.32 Å². The van der Waals surface area contributed by atoms with E-state index in [1.165, 1.54) is 11.3 Å². The maximum absolute atomic E-state index is 13.1. The van der Waals surface area contributed by atoms with E-state index in [9.17, 15) is 9.59 Å². The lowest BCUT2D eigenvalue weighted by Crippen LogP contribution is -2.45. The number of carbonyl (C=O) groups is 2. The molecule has 2 amide bonds. The Morgan fingerprint density at radius 2 is 1.50 bits per heavy atom. The van der Waals surface area contributed by atoms with E-state index in [0.717, 1.165) is 21.2 Å². The number of aryl methyl sites for hydroxylation is 1. The summed E-state index contributed by atoms with van der Waals surface area (Å²) < 4.78 is 0.973. The van der Waals surface area contributed by atoms with E-state index >= 15 is 0 Å². The number of hydrogen-bond donors (Lipinski definition) is 2. The van der Waals surface area contributed by atoms with Gasteiger partial charge in [0.05, 0.1) is 0 Å². The van der Waals surface area contributed by atoms with Crippen molar-refractivity contribution in [2.45, 2.75) is 25.3 Å². The summed E-state index contributed by atoms with van der Waals surface area (Å²) in [6, 6.07) is 26.4. The second kappa shape index (κ2) is 11.7. The van der Waals surface area contributed by atoms with Crippen molar-refractivity contribution < 1.29 is 9.59 Å². The maximum Gasteiger partial charge on any atom is 0.249 e. The summed E-state index contributed by atoms with van der Waals surface area (Å²) in [6.07, 6.45) is 1.29. The minimum atomic E-state index is -0.731. The van der Waals surface area contributed by atoms with Gasteiger partial charge in [-0.05, 0) is 29.7 Å². The Morgan fingerprint density at radius 3 is 2.18 bits per heavy atom. The molecule has 0 saturated carbocycles. The van der Waals surface area contributed by atoms with Crippen molar-refractivity contribution in [3.63, 3.8) is 0 Å². The molecule has 0 radical (unpaired) electrons. The third-order valence-electron chi connectivity index (χ3n) is 5.16. The molecule has 172 valence electrons. The van der Waals surface area contributed by atoms with Gasteiger partial charge in [-0.3, -0.25) is 14.9 Å². The third-order valence-corrected chi connectivity index (χ3v) is 6.58. The molecule has 6 nitrogen and oxygen atoms in total. The Morgan fingerprint density at radius 1 is 0.853 bits per heavy atom. The molecule has 0 aliphatic heterocycles. The summed E-state index contributed by atoms with van der Waals surface area (Å²) in [5.74, 6) is -0.497. The molecule has 1 heterocycles. The molecule has 2 N–H and O–H groups in total. The van der Waals surface area contributed by atoms with Crippen LogP contribution in [0.4, 0.5) is 5.13 Å². The Hall–Kier alpha value is -3.36. The lowest BCUT2D eigenvalue weighted by Gasteiger charge is -2.18. The maximum atomic E-state index is 13.1. The third kappa shape index (κ3) is 6.82. The molecule has 1 aromatic heterocycles. The summed E-state index contributed by atoms with van der Waals surface area (Å²) in [6.45, 7) is 0. The van der Waals surface area contributed by atoms with Gasteiger partial charge in [-0.25, -0.2) is 0 Å². The lowest BCUT2D eigenvalue weighted by atomic mass is 10.0. The van der Waals surface area contributed by atoms with Crippen LogP contribution < -0.4 is 10.6 Å². The number of aromatic nitrogens is 2. The van der Waals surface area contributed by atoms with Crippen molar-refractivity contribution in [1.29, 1.82) is 0 Å². The first kappa shape index (κ1) is 23.8. The molecule has 34 heavy (non-hydrogen) atoms. The fraction of sp³-hybridized carbons (Fsp3) is 0.154. The Labute approximate surface area is 210 Å². The van der Waals surface area contributed by atoms with Crippen LogP contribution in [0.3, 0.4) is 0 Å². The average Bonchev–Trinajstić information content (AvgIpc) is 3.32. The van der Waals surface area contributed by atoms with Crippen LogP contribution in [0.2, 0.25) is 0 Å². The van der Waals surface area contributed by atoms with E-state index in [0.29, 0.717) is 29.4 Å². The van der Waals surface area contributed by atoms with Gasteiger partial charge in [-0.15, -0.1) is 10.2 Å². The highest BCUT2D eigenvalue weighted by atomic mass is 79.9. The molecule has 1 unspecified atom stereocenters. The van der Waals surface area contributed by atoms with Crippen LogP contribution in [0, 0.1) is 0 Å². The molecule has 0 bridgehead atoms. The fourth-order valence-electron chi connectivity index (χ4n) is 3.40. The number of benzene rings is 3. The zero-order valence-electron chi connectivity index (χ0n) is 18.3. The molecular weight excluding hydrogens is 512 g/mol. The van der Waals surface area contributed by atoms with Crippen LogP contribution in [0.5, 0.6) is 0 Å². The number of hydrogen-bond acceptors (Lipinski definition) is 5. The molecule has 4 aromatic rings. The number of amides is 2. The zero-order valence-corrected chi connectivity index (χ0v) is 20.7. The van der Waals surface area contributed by atoms with Crippen LogP contribution in [-0.4, -0.2) is 28.1 Å². The number of rotatable bonds is 9. The number of nitrogens with one attached hydrogen (secondary N) is 2. The average molecular weight is 535 g/mol. The standard InChI is InChI=1S/C26H23BrN4O2S/c27-21-14-12-20(13-15-21)25-30-31-26(34-25)29-24(33)22(17-19-9-5-2-6-10-19)28-23(32)16-11-18-7-3-1-4-8-18/h1-10,12-15,22H,11,16-17H2,(H,28,32)(H,29,31,33). The Balaban J connectivity index is 1.43. The molecule has 0 aliphatic carbocycles. The van der Waals surface area contributed by atoms with Crippen LogP contribution in [0.1, 0.15) is 17.5 Å². The van der Waals surface area contributed by atoms with Crippen LogP contribution in [0.15, 0.2) is 89.4 Å². The van der Waals surface area contributed by atoms with E-state index < -0.39 is 6.04 Å². The van der Waals surface area contributed by atoms with Gasteiger partial charge in [0.2, 0.25) is 16.9 Å². The molecule has 4 rings (SSSR count). The highest BCUT2D eigenvalue weighted by Gasteiger charge is 2.23. The van der Waals surface area contributed by atoms with Gasteiger partial charge in [-0.1, -0.05) is 100 Å². The highest BCUT2D eigenvalue weighted by Crippen LogP contribution is 2.27. The van der Waals surface area contributed by atoms with Crippen molar-refractivity contribution in [3.8, 4) is 10.6 Å². The highest BCUT2D eigenvalue weighted by molar-refractivity contribution is 9.10. The predicted molar refractivity (Wildman–Crippen MR) is 139 cm³/mol. The summed E-state index contributed by atoms with van der Waals surface area (Å²) in [5.41, 5.74) is 2.95. The molecule has 8 heteroatoms. The van der Waals surface area contributed by atoms with Crippen LogP contribution >= 0.6 is 27.3 Å². The van der Waals surface area contributed by atoms with Crippen LogP contribution in [0.25, 0.3) is 10.6 Å². The molecule has 1 atom stereocenters. The van der Waals surface area contributed by atoms with E-state index in [1.807, 2.05) is 84.9 Å². The zero-order chi connectivity index (χ0) is 23.8. The lowest BCUT2D eigenvalue weighted by molar-refractivity contribution is -0.126. The molecule has 0 aliphatic rings. The number of carbonyl (C=O) groups excluding carboxylic acids is 2. The minimum absolute atomic E-state index is 0.173. The number of halogens is 1. The van der Waals surface area contributed by atoms with Gasteiger partial charge in [-0.2, -0.15) is 0 Å². The predicted octanol–water partition coefficient (Wildman–Crippen LogP) is 5.27. The first-order valence-electron chi connectivity index (χ1n) is 10.8. The van der Waals surface area contributed by atoms with Crippen molar-refractivity contribution >= 4 is 44.2 Å². The van der Waals surface area contributed by atoms with E-state index in [4.69, 9.17) is 0 Å². The first-order chi connectivity index (χ1) is 16.6. The van der Waals surface area contributed by atoms with E-state index in [-0.39, 0.29) is 11.8 Å². The van der Waals surface area contributed by atoms with Gasteiger partial charge in [0, 0.05) is 22.9 Å². The molecule has 0 fully saturated rings. The largest absolute Gasteiger partial charge is 0.344 e. The first-order valence-corrected chi connectivity index (χ1v) is 12.5. The summed E-state index contributed by atoms with van der Waals surface area (Å²) in [7, 11) is 0. The minimum Gasteiger partial charge on any atom is -0.344 e. The van der Waals surface area contributed by atoms with E-state index in [1.54, 1.807) is 0 Å². The molecule has 0 spiro atoms. The van der Waals surface area contributed by atoms with Crippen molar-refractivity contribution in [3.05, 3.63) is 101 Å². The van der Waals surface area contributed by atoms with Gasteiger partial charge in [0.1, 0.15) is 11.0 Å². The topological polar surface area (TPSA) is 84.0 Å². The number of nitrogens with zero attached hydrogens (tertiary/aromatic N) is 2. The molecule has 3 aromatic carbocycles. The second-order valence-electron chi connectivity index (χ2n) is 7.70. The van der Waals surface area contributed by atoms with Gasteiger partial charge in [0.15, 0.2) is 0 Å². The quantitative estimate of drug-likeness (QED) is 0.306. The van der Waals surface area contributed by atoms with Gasteiger partial charge in [0.25, 0.3) is 0 Å². The summed E-state index contributed by atoms with van der Waals surface area (Å²) >= 11 is 4.71. The fourth-order valence-corrected chi connectivity index (χ4v) is 4.42. The molecule has 0 saturated heterocycles. The second-order valence-corrected chi connectivity index (χ2v) is 9.60. The monoisotopic (exact) mass is 534 g/mol. The smallest absolute Gasteiger partial charge is 0.249 e. The molecular formula is C26H23BrN4O2S. The normalized spacial score (nSPS) is 11.6. The van der Waals surface area contributed by atoms with Gasteiger partial charge >= 0.3 is 0 Å². The Bertz CT molecular complexity index is 1230. The van der Waals surface area contributed by atoms with Crippen molar-refractivity contribution in [2.24, 2.45) is 0 Å². The summed E-state index contributed by atoms with van der Waals surface area (Å²) in [4.78, 5) is 25.8. The number of anilines is 1. The Kier molecular flexibility index (Phi) is 8.17. The van der Waals surface area contributed by atoms with Crippen molar-refractivity contribution in [2.75, 3.05) is 5.32 Å². The summed E-state index contributed by atoms with van der Waals surface area (Å²) in [5, 5.41) is 15.1. The van der Waals surface area contributed by atoms with Crippen LogP contribution in [-0.2, 0) is 22.4 Å². The van der Waals surface area contributed by atoms with Crippen molar-refractivity contribution in [1.82, 2.24) is 15.5 Å². The van der Waals surface area contributed by atoms with E-state index in [2.05, 4.69) is 36.8 Å².